The minimum absolute atomic E-state index is 0.804. The lowest BCUT2D eigenvalue weighted by Gasteiger charge is -1.96. The average molecular weight is 293 g/mol. The van der Waals surface area contributed by atoms with Crippen molar-refractivity contribution in [2.45, 2.75) is 6.92 Å². The number of nitrogens with zero attached hydrogens (tertiary/aromatic N) is 2. The van der Waals surface area contributed by atoms with Crippen molar-refractivity contribution in [1.82, 2.24) is 4.98 Å². The minimum atomic E-state index is 0.804. The molecular formula is C17H15N3S. The molecule has 0 fully saturated rings. The molecule has 0 atom stereocenters. The van der Waals surface area contributed by atoms with Gasteiger partial charge in [0.05, 0.1) is 11.9 Å². The molecule has 4 heteroatoms. The predicted molar refractivity (Wildman–Crippen MR) is 89.9 cm³/mol. The fourth-order valence-corrected chi connectivity index (χ4v) is 2.79. The van der Waals surface area contributed by atoms with Crippen LogP contribution in [-0.4, -0.2) is 11.2 Å². The van der Waals surface area contributed by atoms with Gasteiger partial charge in [0.1, 0.15) is 0 Å². The Morgan fingerprint density at radius 3 is 2.38 bits per heavy atom. The second-order valence-electron chi connectivity index (χ2n) is 4.57. The zero-order valence-corrected chi connectivity index (χ0v) is 12.5. The number of thiazole rings is 1. The first-order valence-electron chi connectivity index (χ1n) is 6.70. The van der Waals surface area contributed by atoms with E-state index >= 15 is 0 Å². The van der Waals surface area contributed by atoms with Crippen LogP contribution in [0.5, 0.6) is 0 Å². The Morgan fingerprint density at radius 1 is 1.00 bits per heavy atom. The van der Waals surface area contributed by atoms with Crippen LogP contribution in [0, 0.1) is 6.92 Å². The summed E-state index contributed by atoms with van der Waals surface area (Å²) in [5, 5.41) is 5.04. The van der Waals surface area contributed by atoms with Gasteiger partial charge >= 0.3 is 0 Å². The van der Waals surface area contributed by atoms with Gasteiger partial charge in [0.2, 0.25) is 5.13 Å². The Bertz CT molecular complexity index is 733. The van der Waals surface area contributed by atoms with Crippen molar-refractivity contribution in [2.24, 2.45) is 5.10 Å². The molecule has 0 amide bonds. The SMILES string of the molecule is Cc1sc(N/N=C/c2ccccc2)nc1-c1ccccc1. The predicted octanol–water partition coefficient (Wildman–Crippen LogP) is 4.56. The summed E-state index contributed by atoms with van der Waals surface area (Å²) in [5.74, 6) is 0. The molecule has 0 saturated heterocycles. The molecule has 0 aliphatic rings. The summed E-state index contributed by atoms with van der Waals surface area (Å²) in [5.41, 5.74) is 6.20. The normalized spacial score (nSPS) is 10.9. The van der Waals surface area contributed by atoms with Crippen LogP contribution < -0.4 is 5.43 Å². The van der Waals surface area contributed by atoms with E-state index in [1.54, 1.807) is 17.6 Å². The number of hydrogen-bond donors (Lipinski definition) is 1. The summed E-state index contributed by atoms with van der Waals surface area (Å²) in [6.07, 6.45) is 1.79. The highest BCUT2D eigenvalue weighted by Gasteiger charge is 2.08. The van der Waals surface area contributed by atoms with Gasteiger partial charge in [-0.15, -0.1) is 11.3 Å². The maximum atomic E-state index is 4.60. The highest BCUT2D eigenvalue weighted by atomic mass is 32.1. The van der Waals surface area contributed by atoms with Crippen molar-refractivity contribution in [2.75, 3.05) is 5.43 Å². The van der Waals surface area contributed by atoms with Crippen molar-refractivity contribution >= 4 is 22.7 Å². The summed E-state index contributed by atoms with van der Waals surface area (Å²) >= 11 is 1.61. The molecule has 3 aromatic rings. The second kappa shape index (κ2) is 6.33. The largest absolute Gasteiger partial charge is 0.253 e. The zero-order chi connectivity index (χ0) is 14.5. The third kappa shape index (κ3) is 3.35. The molecule has 104 valence electrons. The molecule has 0 unspecified atom stereocenters. The van der Waals surface area contributed by atoms with Gasteiger partial charge in [-0.05, 0) is 12.5 Å². The van der Waals surface area contributed by atoms with E-state index in [9.17, 15) is 0 Å². The Kier molecular flexibility index (Phi) is 4.07. The van der Waals surface area contributed by atoms with Crippen molar-refractivity contribution in [3.63, 3.8) is 0 Å². The van der Waals surface area contributed by atoms with Crippen LogP contribution in [0.2, 0.25) is 0 Å². The van der Waals surface area contributed by atoms with E-state index in [4.69, 9.17) is 0 Å². The van der Waals surface area contributed by atoms with Gasteiger partial charge in [-0.25, -0.2) is 4.98 Å². The monoisotopic (exact) mass is 293 g/mol. The Labute approximate surface area is 128 Å². The van der Waals surface area contributed by atoms with E-state index < -0.39 is 0 Å². The van der Waals surface area contributed by atoms with Crippen LogP contribution in [0.4, 0.5) is 5.13 Å². The summed E-state index contributed by atoms with van der Waals surface area (Å²) in [4.78, 5) is 5.78. The third-order valence-electron chi connectivity index (χ3n) is 3.02. The average Bonchev–Trinajstić information content (AvgIpc) is 2.90. The van der Waals surface area contributed by atoms with Crippen LogP contribution in [0.3, 0.4) is 0 Å². The lowest BCUT2D eigenvalue weighted by Crippen LogP contribution is -1.89. The fourth-order valence-electron chi connectivity index (χ4n) is 2.01. The Hall–Kier alpha value is -2.46. The smallest absolute Gasteiger partial charge is 0.204 e. The van der Waals surface area contributed by atoms with Crippen molar-refractivity contribution < 1.29 is 0 Å². The maximum Gasteiger partial charge on any atom is 0.204 e. The van der Waals surface area contributed by atoms with Crippen molar-refractivity contribution in [3.8, 4) is 11.3 Å². The minimum Gasteiger partial charge on any atom is -0.253 e. The van der Waals surface area contributed by atoms with E-state index in [1.165, 1.54) is 4.88 Å². The van der Waals surface area contributed by atoms with Crippen molar-refractivity contribution in [1.29, 1.82) is 0 Å². The molecule has 0 saturated carbocycles. The van der Waals surface area contributed by atoms with Crippen LogP contribution in [-0.2, 0) is 0 Å². The molecule has 2 aromatic carbocycles. The summed E-state index contributed by atoms with van der Waals surface area (Å²) in [6, 6.07) is 20.2. The lowest BCUT2D eigenvalue weighted by atomic mass is 10.1. The Balaban J connectivity index is 1.75. The fraction of sp³-hybridized carbons (Fsp3) is 0.0588. The molecule has 3 nitrogen and oxygen atoms in total. The molecule has 0 radical (unpaired) electrons. The van der Waals surface area contributed by atoms with Gasteiger partial charge in [-0.3, -0.25) is 5.43 Å². The third-order valence-corrected chi connectivity index (χ3v) is 3.89. The van der Waals surface area contributed by atoms with Crippen LogP contribution >= 0.6 is 11.3 Å². The summed E-state index contributed by atoms with van der Waals surface area (Å²) < 4.78 is 0. The van der Waals surface area contributed by atoms with Crippen molar-refractivity contribution in [3.05, 3.63) is 71.1 Å². The molecule has 1 heterocycles. The highest BCUT2D eigenvalue weighted by molar-refractivity contribution is 7.15. The molecule has 3 rings (SSSR count). The number of aryl methyl sites for hydroxylation is 1. The maximum absolute atomic E-state index is 4.60. The van der Waals surface area contributed by atoms with E-state index in [0.717, 1.165) is 22.0 Å². The summed E-state index contributed by atoms with van der Waals surface area (Å²) in [7, 11) is 0. The molecule has 0 bridgehead atoms. The number of nitrogens with one attached hydrogen (secondary N) is 1. The van der Waals surface area contributed by atoms with E-state index in [-0.39, 0.29) is 0 Å². The van der Waals surface area contributed by atoms with Gasteiger partial charge in [0, 0.05) is 10.4 Å². The second-order valence-corrected chi connectivity index (χ2v) is 5.77. The van der Waals surface area contributed by atoms with Crippen LogP contribution in [0.15, 0.2) is 65.8 Å². The molecule has 0 aliphatic carbocycles. The molecule has 0 aliphatic heterocycles. The number of hydrogen-bond acceptors (Lipinski definition) is 4. The molecular weight excluding hydrogens is 278 g/mol. The van der Waals surface area contributed by atoms with E-state index in [1.807, 2.05) is 48.5 Å². The van der Waals surface area contributed by atoms with Gasteiger partial charge in [-0.1, -0.05) is 60.7 Å². The first kappa shape index (κ1) is 13.5. The number of aromatic nitrogens is 1. The zero-order valence-electron chi connectivity index (χ0n) is 11.7. The quantitative estimate of drug-likeness (QED) is 0.565. The number of anilines is 1. The highest BCUT2D eigenvalue weighted by Crippen LogP contribution is 2.30. The number of rotatable bonds is 4. The number of benzene rings is 2. The number of hydrazone groups is 1. The molecule has 1 N–H and O–H groups in total. The first-order chi connectivity index (χ1) is 10.3. The lowest BCUT2D eigenvalue weighted by molar-refractivity contribution is 1.28. The standard InChI is InChI=1S/C17H15N3S/c1-13-16(15-10-6-3-7-11-15)19-17(21-13)20-18-12-14-8-4-2-5-9-14/h2-12H,1H3,(H,19,20)/b18-12+. The van der Waals surface area contributed by atoms with Crippen LogP contribution in [0.1, 0.15) is 10.4 Å². The van der Waals surface area contributed by atoms with Crippen LogP contribution in [0.25, 0.3) is 11.3 Å². The molecule has 1 aromatic heterocycles. The van der Waals surface area contributed by atoms with Gasteiger partial charge in [0.25, 0.3) is 0 Å². The van der Waals surface area contributed by atoms with Gasteiger partial charge < -0.3 is 0 Å². The van der Waals surface area contributed by atoms with E-state index in [2.05, 4.69) is 34.6 Å². The Morgan fingerprint density at radius 2 is 1.67 bits per heavy atom. The molecule has 21 heavy (non-hydrogen) atoms. The van der Waals surface area contributed by atoms with Gasteiger partial charge in [-0.2, -0.15) is 5.10 Å². The van der Waals surface area contributed by atoms with Gasteiger partial charge in [0.15, 0.2) is 0 Å². The topological polar surface area (TPSA) is 37.3 Å². The van der Waals surface area contributed by atoms with E-state index in [0.29, 0.717) is 0 Å². The summed E-state index contributed by atoms with van der Waals surface area (Å²) in [6.45, 7) is 2.08. The first-order valence-corrected chi connectivity index (χ1v) is 7.51. The molecule has 0 spiro atoms.